The molecule has 0 aliphatic heterocycles. The van der Waals surface area contributed by atoms with Gasteiger partial charge in [-0.1, -0.05) is 42.5 Å². The number of alkyl halides is 3. The van der Waals surface area contributed by atoms with Gasteiger partial charge in [-0.3, -0.25) is 9.59 Å². The molecule has 35 heavy (non-hydrogen) atoms. The number of primary amides is 1. The van der Waals surface area contributed by atoms with Gasteiger partial charge in [0.15, 0.2) is 0 Å². The molecule has 2 amide bonds. The standard InChI is InChI=1S/C26H21F3N2O3S/c1-25(34,18-8-4-9-19(13-18)26(27,28)29)21-12-16-6-3-10-20(23(16)35-21)15-5-2-7-17(11-15)24(33)31-14-22(30)32/h2-13,34H,14H2,1H3,(H2,30,32)(H,31,33). The van der Waals surface area contributed by atoms with Crippen LogP contribution in [-0.4, -0.2) is 23.5 Å². The largest absolute Gasteiger partial charge is 0.416 e. The van der Waals surface area contributed by atoms with Crippen LogP contribution >= 0.6 is 11.3 Å². The van der Waals surface area contributed by atoms with Crippen LogP contribution < -0.4 is 11.1 Å². The summed E-state index contributed by atoms with van der Waals surface area (Å²) < 4.78 is 40.4. The number of aliphatic hydroxyl groups is 1. The number of nitrogens with one attached hydrogen (secondary N) is 1. The third kappa shape index (κ3) is 5.06. The van der Waals surface area contributed by atoms with E-state index in [9.17, 15) is 27.9 Å². The van der Waals surface area contributed by atoms with Crippen LogP contribution in [0.25, 0.3) is 21.2 Å². The van der Waals surface area contributed by atoms with E-state index in [1.807, 2.05) is 24.3 Å². The van der Waals surface area contributed by atoms with Crippen LogP contribution in [0.5, 0.6) is 0 Å². The number of carbonyl (C=O) groups is 2. The molecule has 4 aromatic rings. The van der Waals surface area contributed by atoms with Crippen molar-refractivity contribution in [3.8, 4) is 11.1 Å². The van der Waals surface area contributed by atoms with Crippen molar-refractivity contribution >= 4 is 33.2 Å². The number of thiophene rings is 1. The maximum atomic E-state index is 13.2. The maximum absolute atomic E-state index is 13.2. The molecular weight excluding hydrogens is 477 g/mol. The molecule has 180 valence electrons. The molecule has 0 saturated heterocycles. The van der Waals surface area contributed by atoms with Crippen molar-refractivity contribution in [3.05, 3.63) is 94.4 Å². The minimum absolute atomic E-state index is 0.133. The monoisotopic (exact) mass is 498 g/mol. The van der Waals surface area contributed by atoms with Gasteiger partial charge in [-0.05, 0) is 59.3 Å². The van der Waals surface area contributed by atoms with Crippen LogP contribution in [0.2, 0.25) is 0 Å². The summed E-state index contributed by atoms with van der Waals surface area (Å²) in [6.45, 7) is 1.19. The van der Waals surface area contributed by atoms with E-state index >= 15 is 0 Å². The van der Waals surface area contributed by atoms with E-state index in [1.54, 1.807) is 24.3 Å². The molecule has 4 rings (SSSR count). The zero-order valence-corrected chi connectivity index (χ0v) is 19.3. The van der Waals surface area contributed by atoms with E-state index in [2.05, 4.69) is 5.32 Å². The summed E-state index contributed by atoms with van der Waals surface area (Å²) in [5.74, 6) is -1.10. The van der Waals surface area contributed by atoms with Gasteiger partial charge in [0.2, 0.25) is 5.91 Å². The Bertz CT molecular complexity index is 1430. The molecule has 0 aliphatic carbocycles. The predicted molar refractivity (Wildman–Crippen MR) is 129 cm³/mol. The summed E-state index contributed by atoms with van der Waals surface area (Å²) in [4.78, 5) is 23.8. The lowest BCUT2D eigenvalue weighted by atomic mass is 9.92. The van der Waals surface area contributed by atoms with E-state index in [4.69, 9.17) is 5.73 Å². The Labute approximate surface area is 203 Å². The van der Waals surface area contributed by atoms with Gasteiger partial charge in [0.1, 0.15) is 5.60 Å². The number of halogens is 3. The lowest BCUT2D eigenvalue weighted by Crippen LogP contribution is -2.33. The number of hydrogen-bond acceptors (Lipinski definition) is 4. The molecule has 3 aromatic carbocycles. The van der Waals surface area contributed by atoms with Crippen molar-refractivity contribution in [2.75, 3.05) is 6.54 Å². The molecule has 1 aromatic heterocycles. The Hall–Kier alpha value is -3.69. The van der Waals surface area contributed by atoms with Crippen LogP contribution in [0.3, 0.4) is 0 Å². The van der Waals surface area contributed by atoms with E-state index in [1.165, 1.54) is 30.4 Å². The van der Waals surface area contributed by atoms with Crippen LogP contribution in [0.15, 0.2) is 72.8 Å². The third-order valence-electron chi connectivity index (χ3n) is 5.63. The van der Waals surface area contributed by atoms with Gasteiger partial charge < -0.3 is 16.2 Å². The molecule has 0 bridgehead atoms. The first-order valence-corrected chi connectivity index (χ1v) is 11.4. The normalized spacial score (nSPS) is 13.4. The highest BCUT2D eigenvalue weighted by Crippen LogP contribution is 2.42. The topological polar surface area (TPSA) is 92.4 Å². The molecule has 1 heterocycles. The van der Waals surface area contributed by atoms with Crippen molar-refractivity contribution in [1.82, 2.24) is 5.32 Å². The molecule has 1 unspecified atom stereocenters. The van der Waals surface area contributed by atoms with E-state index in [0.717, 1.165) is 33.3 Å². The zero-order chi connectivity index (χ0) is 25.4. The fourth-order valence-corrected chi connectivity index (χ4v) is 5.03. The number of fused-ring (bicyclic) bond motifs is 1. The maximum Gasteiger partial charge on any atom is 0.416 e. The Morgan fingerprint density at radius 3 is 2.37 bits per heavy atom. The summed E-state index contributed by atoms with van der Waals surface area (Å²) in [6.07, 6.45) is -4.52. The van der Waals surface area contributed by atoms with E-state index in [0.29, 0.717) is 10.4 Å². The minimum atomic E-state index is -4.52. The first-order chi connectivity index (χ1) is 16.5. The highest BCUT2D eigenvalue weighted by molar-refractivity contribution is 7.19. The van der Waals surface area contributed by atoms with E-state index < -0.39 is 29.2 Å². The second-order valence-electron chi connectivity index (χ2n) is 8.22. The summed E-state index contributed by atoms with van der Waals surface area (Å²) in [6, 6.07) is 18.8. The number of hydrogen-bond donors (Lipinski definition) is 3. The van der Waals surface area contributed by atoms with Crippen molar-refractivity contribution in [3.63, 3.8) is 0 Å². The van der Waals surface area contributed by atoms with Crippen molar-refractivity contribution in [1.29, 1.82) is 0 Å². The second-order valence-corrected chi connectivity index (χ2v) is 9.27. The number of nitrogens with two attached hydrogens (primary N) is 1. The quantitative estimate of drug-likeness (QED) is 0.347. The minimum Gasteiger partial charge on any atom is -0.380 e. The molecular formula is C26H21F3N2O3S. The highest BCUT2D eigenvalue weighted by atomic mass is 32.1. The summed E-state index contributed by atoms with van der Waals surface area (Å²) >= 11 is 1.27. The number of benzene rings is 3. The summed E-state index contributed by atoms with van der Waals surface area (Å²) in [5.41, 5.74) is 4.60. The molecule has 0 fully saturated rings. The van der Waals surface area contributed by atoms with Gasteiger partial charge in [0.25, 0.3) is 5.91 Å². The second kappa shape index (κ2) is 9.16. The van der Waals surface area contributed by atoms with E-state index in [-0.39, 0.29) is 12.1 Å². The third-order valence-corrected chi connectivity index (χ3v) is 7.03. The van der Waals surface area contributed by atoms with Crippen LogP contribution in [0, 0.1) is 0 Å². The van der Waals surface area contributed by atoms with Crippen LogP contribution in [-0.2, 0) is 16.6 Å². The van der Waals surface area contributed by atoms with Crippen LogP contribution in [0.4, 0.5) is 13.2 Å². The molecule has 0 radical (unpaired) electrons. The average Bonchev–Trinajstić information content (AvgIpc) is 3.27. The number of rotatable bonds is 6. The lowest BCUT2D eigenvalue weighted by Gasteiger charge is -2.23. The zero-order valence-electron chi connectivity index (χ0n) is 18.5. The van der Waals surface area contributed by atoms with Crippen LogP contribution in [0.1, 0.15) is 33.3 Å². The first kappa shape index (κ1) is 24.4. The van der Waals surface area contributed by atoms with Gasteiger partial charge >= 0.3 is 6.18 Å². The van der Waals surface area contributed by atoms with Crippen molar-refractivity contribution < 1.29 is 27.9 Å². The average molecular weight is 499 g/mol. The highest BCUT2D eigenvalue weighted by Gasteiger charge is 2.34. The van der Waals surface area contributed by atoms with Gasteiger partial charge in [-0.25, -0.2) is 0 Å². The number of carbonyl (C=O) groups excluding carboxylic acids is 2. The predicted octanol–water partition coefficient (Wildman–Crippen LogP) is 5.06. The molecule has 5 nitrogen and oxygen atoms in total. The Morgan fingerprint density at radius 1 is 0.971 bits per heavy atom. The summed E-state index contributed by atoms with van der Waals surface area (Å²) in [5, 5.41) is 14.5. The van der Waals surface area contributed by atoms with Gasteiger partial charge in [-0.15, -0.1) is 11.3 Å². The Morgan fingerprint density at radius 2 is 1.66 bits per heavy atom. The van der Waals surface area contributed by atoms with Crippen molar-refractivity contribution in [2.24, 2.45) is 5.73 Å². The smallest absolute Gasteiger partial charge is 0.380 e. The molecule has 4 N–H and O–H groups in total. The lowest BCUT2D eigenvalue weighted by molar-refractivity contribution is -0.137. The first-order valence-electron chi connectivity index (χ1n) is 10.6. The fraction of sp³-hybridized carbons (Fsp3) is 0.154. The molecule has 0 saturated carbocycles. The molecule has 0 spiro atoms. The van der Waals surface area contributed by atoms with Gasteiger partial charge in [0.05, 0.1) is 12.1 Å². The Balaban J connectivity index is 1.74. The Kier molecular flexibility index (Phi) is 6.40. The number of amides is 2. The molecule has 9 heteroatoms. The fourth-order valence-electron chi connectivity index (χ4n) is 3.77. The van der Waals surface area contributed by atoms with Gasteiger partial charge in [0, 0.05) is 15.1 Å². The SMILES string of the molecule is CC(O)(c1cccc(C(F)(F)F)c1)c1cc2cccc(-c3cccc(C(=O)NCC(N)=O)c3)c2s1. The van der Waals surface area contributed by atoms with Gasteiger partial charge in [-0.2, -0.15) is 13.2 Å². The molecule has 0 aliphatic rings. The van der Waals surface area contributed by atoms with Crippen molar-refractivity contribution in [2.45, 2.75) is 18.7 Å². The molecule has 1 atom stereocenters. The summed E-state index contributed by atoms with van der Waals surface area (Å²) in [7, 11) is 0.